The first-order valence-electron chi connectivity index (χ1n) is 11.6. The first-order valence-corrected chi connectivity index (χ1v) is 12.8. The highest BCUT2D eigenvalue weighted by Gasteiger charge is 2.36. The molecular formula is C23H16ClF4N9OS. The fourth-order valence-electron chi connectivity index (χ4n) is 4.28. The van der Waals surface area contributed by atoms with Crippen LogP contribution in [0.1, 0.15) is 36.0 Å². The Hall–Kier alpha value is -3.98. The molecule has 0 amide bonds. The van der Waals surface area contributed by atoms with Crippen molar-refractivity contribution in [2.45, 2.75) is 31.5 Å². The number of hydrogen-bond donors (Lipinski definition) is 0. The molecule has 0 radical (unpaired) electrons. The molecule has 10 nitrogen and oxygen atoms in total. The summed E-state index contributed by atoms with van der Waals surface area (Å²) in [5.74, 6) is -0.364. The summed E-state index contributed by atoms with van der Waals surface area (Å²) in [7, 11) is 0. The highest BCUT2D eigenvalue weighted by Crippen LogP contribution is 2.40. The smallest absolute Gasteiger partial charge is 0.445 e. The zero-order valence-corrected chi connectivity index (χ0v) is 21.2. The molecule has 1 aliphatic rings. The van der Waals surface area contributed by atoms with Crippen molar-refractivity contribution in [1.29, 1.82) is 0 Å². The Morgan fingerprint density at radius 2 is 1.97 bits per heavy atom. The van der Waals surface area contributed by atoms with E-state index in [-0.39, 0.29) is 26.8 Å². The largest absolute Gasteiger partial charge is 0.618 e. The lowest BCUT2D eigenvalue weighted by Gasteiger charge is -2.18. The number of alkyl halides is 3. The first-order chi connectivity index (χ1) is 18.7. The summed E-state index contributed by atoms with van der Waals surface area (Å²) in [5.41, 5.74) is 1.27. The van der Waals surface area contributed by atoms with Gasteiger partial charge in [0.2, 0.25) is 10.7 Å². The van der Waals surface area contributed by atoms with Crippen LogP contribution in [0, 0.1) is 16.9 Å². The number of benzene rings is 1. The minimum Gasteiger partial charge on any atom is -0.618 e. The fourth-order valence-corrected chi connectivity index (χ4v) is 5.13. The summed E-state index contributed by atoms with van der Waals surface area (Å²) in [6, 6.07) is 5.56. The molecule has 5 aromatic rings. The summed E-state index contributed by atoms with van der Waals surface area (Å²) in [5, 5.41) is 34.4. The van der Waals surface area contributed by atoms with Gasteiger partial charge in [-0.25, -0.2) is 4.39 Å². The second-order valence-corrected chi connectivity index (χ2v) is 10.4. The van der Waals surface area contributed by atoms with Crippen LogP contribution in [0.25, 0.3) is 27.4 Å². The lowest BCUT2D eigenvalue weighted by Crippen LogP contribution is -2.35. The fraction of sp³-hybridized carbons (Fsp3) is 0.261. The van der Waals surface area contributed by atoms with Crippen LogP contribution in [0.3, 0.4) is 0 Å². The lowest BCUT2D eigenvalue weighted by atomic mass is 10.0. The average molecular weight is 578 g/mol. The summed E-state index contributed by atoms with van der Waals surface area (Å²) >= 11 is 6.45. The van der Waals surface area contributed by atoms with E-state index in [1.165, 1.54) is 34.2 Å². The quantitative estimate of drug-likeness (QED) is 0.154. The van der Waals surface area contributed by atoms with Crippen molar-refractivity contribution in [3.63, 3.8) is 0 Å². The Kier molecular flexibility index (Phi) is 6.26. The molecule has 16 heteroatoms. The van der Waals surface area contributed by atoms with E-state index in [0.717, 1.165) is 12.8 Å². The molecule has 0 N–H and O–H groups in total. The van der Waals surface area contributed by atoms with Gasteiger partial charge in [0, 0.05) is 12.3 Å². The van der Waals surface area contributed by atoms with Crippen molar-refractivity contribution in [3.8, 4) is 27.4 Å². The van der Waals surface area contributed by atoms with Crippen LogP contribution in [0.5, 0.6) is 0 Å². The average Bonchev–Trinajstić information content (AvgIpc) is 3.32. The predicted octanol–water partition coefficient (Wildman–Crippen LogP) is 4.88. The molecule has 1 aliphatic carbocycles. The van der Waals surface area contributed by atoms with E-state index in [1.54, 1.807) is 24.4 Å². The van der Waals surface area contributed by atoms with Crippen molar-refractivity contribution in [2.75, 3.05) is 0 Å². The highest BCUT2D eigenvalue weighted by atomic mass is 35.5. The lowest BCUT2D eigenvalue weighted by molar-refractivity contribution is -0.615. The van der Waals surface area contributed by atoms with Crippen LogP contribution in [0.4, 0.5) is 17.6 Å². The molecule has 1 atom stereocenters. The van der Waals surface area contributed by atoms with E-state index in [1.807, 2.05) is 0 Å². The summed E-state index contributed by atoms with van der Waals surface area (Å²) in [4.78, 5) is 0. The van der Waals surface area contributed by atoms with Gasteiger partial charge in [0.1, 0.15) is 12.4 Å². The number of tetrazole rings is 1. The Labute approximate surface area is 226 Å². The van der Waals surface area contributed by atoms with Crippen molar-refractivity contribution >= 4 is 22.9 Å². The maximum absolute atomic E-state index is 15.2. The van der Waals surface area contributed by atoms with Gasteiger partial charge in [-0.1, -0.05) is 35.8 Å². The second kappa shape index (κ2) is 9.64. The van der Waals surface area contributed by atoms with Gasteiger partial charge in [-0.2, -0.15) is 27.7 Å². The van der Waals surface area contributed by atoms with Crippen LogP contribution in [0.15, 0.2) is 49.2 Å². The van der Waals surface area contributed by atoms with Crippen molar-refractivity contribution in [1.82, 2.24) is 40.2 Å². The molecule has 39 heavy (non-hydrogen) atoms. The van der Waals surface area contributed by atoms with Crippen LogP contribution >= 0.6 is 22.9 Å². The number of rotatable bonds is 7. The van der Waals surface area contributed by atoms with E-state index in [2.05, 4.69) is 30.8 Å². The molecule has 1 saturated carbocycles. The molecule has 6 rings (SSSR count). The zero-order chi connectivity index (χ0) is 27.3. The van der Waals surface area contributed by atoms with Crippen LogP contribution in [-0.4, -0.2) is 40.2 Å². The number of nitrogens with zero attached hydrogens (tertiary/aromatic N) is 9. The van der Waals surface area contributed by atoms with Crippen molar-refractivity contribution in [3.05, 3.63) is 75.9 Å². The molecule has 200 valence electrons. The van der Waals surface area contributed by atoms with Gasteiger partial charge < -0.3 is 5.21 Å². The van der Waals surface area contributed by atoms with E-state index < -0.39 is 23.0 Å². The maximum atomic E-state index is 15.2. The summed E-state index contributed by atoms with van der Waals surface area (Å²) in [6.45, 7) is 0. The van der Waals surface area contributed by atoms with Crippen molar-refractivity contribution < 1.29 is 22.3 Å². The molecule has 4 aromatic heterocycles. The molecule has 0 saturated heterocycles. The summed E-state index contributed by atoms with van der Waals surface area (Å²) < 4.78 is 57.6. The molecule has 0 aliphatic heterocycles. The minimum atomic E-state index is -4.59. The zero-order valence-electron chi connectivity index (χ0n) is 19.6. The molecule has 0 bridgehead atoms. The Balaban J connectivity index is 1.37. The van der Waals surface area contributed by atoms with Gasteiger partial charge >= 0.3 is 6.18 Å². The number of halogens is 5. The molecule has 4 heterocycles. The van der Waals surface area contributed by atoms with Crippen LogP contribution in [-0.2, 0) is 6.18 Å². The molecular weight excluding hydrogens is 562 g/mol. The van der Waals surface area contributed by atoms with Gasteiger partial charge in [0.05, 0.1) is 33.6 Å². The van der Waals surface area contributed by atoms with Gasteiger partial charge in [-0.3, -0.25) is 4.68 Å². The number of aromatic nitrogens is 9. The Bertz CT molecular complexity index is 1650. The standard InChI is InChI=1S/C23H16ClF4N9OS/c24-15-4-6-17(36-11-29-33-34-36)19(20(15)25)13-3-5-16(37(38)10-13)18(7-12-1-2-12)35-9-14(8-30-35)21-31-32-22(39-21)23(26,27)28/h3-6,8-12,18H,1-2,7H2. The third kappa shape index (κ3) is 4.94. The minimum absolute atomic E-state index is 0.0443. The van der Waals surface area contributed by atoms with Crippen LogP contribution in [0.2, 0.25) is 5.02 Å². The molecule has 0 spiro atoms. The Morgan fingerprint density at radius 1 is 1.15 bits per heavy atom. The van der Waals surface area contributed by atoms with Gasteiger partial charge in [-0.05, 0) is 41.0 Å². The van der Waals surface area contributed by atoms with Crippen molar-refractivity contribution in [2.24, 2.45) is 5.92 Å². The summed E-state index contributed by atoms with van der Waals surface area (Å²) in [6.07, 6.45) is 3.46. The number of pyridine rings is 1. The molecule has 1 unspecified atom stereocenters. The Morgan fingerprint density at radius 3 is 2.64 bits per heavy atom. The monoisotopic (exact) mass is 577 g/mol. The van der Waals surface area contributed by atoms with E-state index >= 15 is 4.39 Å². The number of hydrogen-bond acceptors (Lipinski definition) is 8. The van der Waals surface area contributed by atoms with Gasteiger partial charge in [-0.15, -0.1) is 15.3 Å². The molecule has 1 fully saturated rings. The van der Waals surface area contributed by atoms with Gasteiger partial charge in [0.15, 0.2) is 17.0 Å². The maximum Gasteiger partial charge on any atom is 0.445 e. The normalized spacial score (nSPS) is 14.6. The van der Waals surface area contributed by atoms with E-state index in [4.69, 9.17) is 11.6 Å². The third-order valence-electron chi connectivity index (χ3n) is 6.33. The highest BCUT2D eigenvalue weighted by molar-refractivity contribution is 7.14. The van der Waals surface area contributed by atoms with Gasteiger partial charge in [0.25, 0.3) is 0 Å². The van der Waals surface area contributed by atoms with Crippen LogP contribution < -0.4 is 4.73 Å². The first kappa shape index (κ1) is 25.3. The second-order valence-electron chi connectivity index (χ2n) is 8.99. The molecule has 1 aromatic carbocycles. The van der Waals surface area contributed by atoms with E-state index in [0.29, 0.717) is 39.7 Å². The predicted molar refractivity (Wildman–Crippen MR) is 130 cm³/mol. The third-order valence-corrected chi connectivity index (χ3v) is 7.64. The SMILES string of the molecule is [O-][n+]1cc(-c2c(-n3cnnn3)ccc(Cl)c2F)ccc1C(CC1CC1)n1cc(-c2nnc(C(F)(F)F)s2)cn1. The van der Waals surface area contributed by atoms with E-state index in [9.17, 15) is 18.4 Å². The topological polar surface area (TPSA) is 114 Å².